The van der Waals surface area contributed by atoms with Crippen molar-refractivity contribution in [3.63, 3.8) is 0 Å². The Bertz CT molecular complexity index is 378. The average molecular weight is 301 g/mol. The van der Waals surface area contributed by atoms with Crippen LogP contribution in [0.25, 0.3) is 0 Å². The van der Waals surface area contributed by atoms with Gasteiger partial charge < -0.3 is 20.1 Å². The highest BCUT2D eigenvalue weighted by atomic mass is 35.5. The summed E-state index contributed by atoms with van der Waals surface area (Å²) >= 11 is 6.35. The molecular weight excluding hydrogens is 276 g/mol. The summed E-state index contributed by atoms with van der Waals surface area (Å²) in [4.78, 5) is 2.19. The molecule has 0 heterocycles. The standard InChI is InChI=1S/C15H25ClN2O2/c1-3-19-10-8-18(9-11-20-4-2)15-13(12-17)6-5-7-14(15)16/h5-7H,3-4,8-12,17H2,1-2H3. The van der Waals surface area contributed by atoms with Crippen molar-refractivity contribution in [2.75, 3.05) is 44.4 Å². The second kappa shape index (κ2) is 10.00. The van der Waals surface area contributed by atoms with Crippen molar-refractivity contribution in [3.8, 4) is 0 Å². The van der Waals surface area contributed by atoms with E-state index in [9.17, 15) is 0 Å². The molecule has 2 N–H and O–H groups in total. The lowest BCUT2D eigenvalue weighted by molar-refractivity contribution is 0.141. The van der Waals surface area contributed by atoms with Gasteiger partial charge in [0, 0.05) is 32.8 Å². The highest BCUT2D eigenvalue weighted by Gasteiger charge is 2.14. The van der Waals surface area contributed by atoms with Gasteiger partial charge in [-0.2, -0.15) is 0 Å². The van der Waals surface area contributed by atoms with E-state index >= 15 is 0 Å². The van der Waals surface area contributed by atoms with Crippen LogP contribution in [0.5, 0.6) is 0 Å². The third-order valence-corrected chi connectivity index (χ3v) is 3.33. The SMILES string of the molecule is CCOCCN(CCOCC)c1c(Cl)cccc1CN. The second-order valence-corrected chi connectivity index (χ2v) is 4.74. The van der Waals surface area contributed by atoms with Crippen LogP contribution in [0.15, 0.2) is 18.2 Å². The highest BCUT2D eigenvalue weighted by Crippen LogP contribution is 2.29. The predicted molar refractivity (Wildman–Crippen MR) is 84.5 cm³/mol. The second-order valence-electron chi connectivity index (χ2n) is 4.33. The van der Waals surface area contributed by atoms with Gasteiger partial charge in [0.1, 0.15) is 0 Å². The minimum atomic E-state index is 0.468. The fourth-order valence-electron chi connectivity index (χ4n) is 2.05. The summed E-state index contributed by atoms with van der Waals surface area (Å²) in [6, 6.07) is 5.83. The van der Waals surface area contributed by atoms with Crippen molar-refractivity contribution in [2.45, 2.75) is 20.4 Å². The van der Waals surface area contributed by atoms with Gasteiger partial charge in [-0.1, -0.05) is 23.7 Å². The van der Waals surface area contributed by atoms with Gasteiger partial charge in [0.05, 0.1) is 23.9 Å². The number of para-hydroxylation sites is 1. The van der Waals surface area contributed by atoms with Gasteiger partial charge in [-0.15, -0.1) is 0 Å². The van der Waals surface area contributed by atoms with Crippen LogP contribution in [0.3, 0.4) is 0 Å². The number of ether oxygens (including phenoxy) is 2. The van der Waals surface area contributed by atoms with Crippen molar-refractivity contribution in [1.82, 2.24) is 0 Å². The first-order valence-corrected chi connectivity index (χ1v) is 7.50. The normalized spacial score (nSPS) is 10.8. The number of nitrogens with zero attached hydrogens (tertiary/aromatic N) is 1. The topological polar surface area (TPSA) is 47.7 Å². The largest absolute Gasteiger partial charge is 0.380 e. The molecule has 0 saturated carbocycles. The molecule has 1 rings (SSSR count). The van der Waals surface area contributed by atoms with Crippen LogP contribution in [0, 0.1) is 0 Å². The number of hydrogen-bond donors (Lipinski definition) is 1. The molecule has 0 unspecified atom stereocenters. The van der Waals surface area contributed by atoms with E-state index < -0.39 is 0 Å². The Hall–Kier alpha value is -0.810. The molecule has 0 bridgehead atoms. The minimum absolute atomic E-state index is 0.468. The lowest BCUT2D eigenvalue weighted by atomic mass is 10.1. The molecule has 1 aromatic rings. The molecule has 0 aliphatic carbocycles. The maximum Gasteiger partial charge on any atom is 0.0642 e. The van der Waals surface area contributed by atoms with Gasteiger partial charge in [-0.3, -0.25) is 0 Å². The first-order chi connectivity index (χ1) is 9.74. The Kier molecular flexibility index (Phi) is 8.62. The third-order valence-electron chi connectivity index (χ3n) is 3.03. The molecule has 0 aromatic heterocycles. The van der Waals surface area contributed by atoms with Crippen LogP contribution in [-0.2, 0) is 16.0 Å². The molecule has 0 aliphatic rings. The van der Waals surface area contributed by atoms with Crippen LogP contribution in [0.2, 0.25) is 5.02 Å². The van der Waals surface area contributed by atoms with Crippen molar-refractivity contribution in [2.24, 2.45) is 5.73 Å². The first kappa shape index (κ1) is 17.2. The number of hydrogen-bond acceptors (Lipinski definition) is 4. The molecular formula is C15H25ClN2O2. The van der Waals surface area contributed by atoms with Crippen LogP contribution < -0.4 is 10.6 Å². The van der Waals surface area contributed by atoms with Crippen molar-refractivity contribution >= 4 is 17.3 Å². The lowest BCUT2D eigenvalue weighted by Crippen LogP contribution is -2.32. The fraction of sp³-hybridized carbons (Fsp3) is 0.600. The van der Waals surface area contributed by atoms with E-state index in [-0.39, 0.29) is 0 Å². The van der Waals surface area contributed by atoms with E-state index in [0.717, 1.165) is 29.4 Å². The van der Waals surface area contributed by atoms with Gasteiger partial charge in [0.25, 0.3) is 0 Å². The molecule has 0 radical (unpaired) electrons. The van der Waals surface area contributed by atoms with Gasteiger partial charge >= 0.3 is 0 Å². The maximum absolute atomic E-state index is 6.35. The van der Waals surface area contributed by atoms with Crippen LogP contribution >= 0.6 is 11.6 Å². The zero-order valence-electron chi connectivity index (χ0n) is 12.4. The van der Waals surface area contributed by atoms with Gasteiger partial charge in [-0.05, 0) is 25.5 Å². The monoisotopic (exact) mass is 300 g/mol. The summed E-state index contributed by atoms with van der Waals surface area (Å²) in [5.74, 6) is 0. The number of nitrogens with two attached hydrogens (primary N) is 1. The average Bonchev–Trinajstić information content (AvgIpc) is 2.46. The summed E-state index contributed by atoms with van der Waals surface area (Å²) in [6.07, 6.45) is 0. The molecule has 0 spiro atoms. The van der Waals surface area contributed by atoms with E-state index in [1.165, 1.54) is 0 Å². The Labute approximate surface area is 126 Å². The molecule has 4 nitrogen and oxygen atoms in total. The summed E-state index contributed by atoms with van der Waals surface area (Å²) in [5.41, 5.74) is 7.86. The van der Waals surface area contributed by atoms with Crippen molar-refractivity contribution in [3.05, 3.63) is 28.8 Å². The molecule has 0 fully saturated rings. The zero-order chi connectivity index (χ0) is 14.8. The zero-order valence-corrected chi connectivity index (χ0v) is 13.2. The smallest absolute Gasteiger partial charge is 0.0642 e. The molecule has 20 heavy (non-hydrogen) atoms. The van der Waals surface area contributed by atoms with E-state index in [2.05, 4.69) is 4.90 Å². The molecule has 0 amide bonds. The van der Waals surface area contributed by atoms with Gasteiger partial charge in [-0.25, -0.2) is 0 Å². The Morgan fingerprint density at radius 1 is 1.10 bits per heavy atom. The third kappa shape index (κ3) is 5.29. The summed E-state index contributed by atoms with van der Waals surface area (Å²) in [5, 5.41) is 0.723. The molecule has 0 atom stereocenters. The summed E-state index contributed by atoms with van der Waals surface area (Å²) in [7, 11) is 0. The molecule has 5 heteroatoms. The number of rotatable bonds is 10. The summed E-state index contributed by atoms with van der Waals surface area (Å²) in [6.45, 7) is 8.76. The minimum Gasteiger partial charge on any atom is -0.380 e. The highest BCUT2D eigenvalue weighted by molar-refractivity contribution is 6.33. The van der Waals surface area contributed by atoms with Crippen LogP contribution in [0.1, 0.15) is 19.4 Å². The molecule has 114 valence electrons. The van der Waals surface area contributed by atoms with E-state index in [1.807, 2.05) is 32.0 Å². The van der Waals surface area contributed by atoms with Gasteiger partial charge in [0.15, 0.2) is 0 Å². The Balaban J connectivity index is 2.84. The van der Waals surface area contributed by atoms with Crippen LogP contribution in [0.4, 0.5) is 5.69 Å². The quantitative estimate of drug-likeness (QED) is 0.675. The molecule has 1 aromatic carbocycles. The predicted octanol–water partition coefficient (Wildman–Crippen LogP) is 2.68. The van der Waals surface area contributed by atoms with E-state index in [1.54, 1.807) is 0 Å². The lowest BCUT2D eigenvalue weighted by Gasteiger charge is -2.27. The number of halogens is 1. The molecule has 0 aliphatic heterocycles. The van der Waals surface area contributed by atoms with Crippen molar-refractivity contribution < 1.29 is 9.47 Å². The molecule has 0 saturated heterocycles. The fourth-order valence-corrected chi connectivity index (χ4v) is 2.37. The maximum atomic E-state index is 6.35. The van der Waals surface area contributed by atoms with E-state index in [0.29, 0.717) is 33.0 Å². The Morgan fingerprint density at radius 3 is 2.20 bits per heavy atom. The first-order valence-electron chi connectivity index (χ1n) is 7.12. The van der Waals surface area contributed by atoms with Crippen molar-refractivity contribution in [1.29, 1.82) is 0 Å². The number of benzene rings is 1. The van der Waals surface area contributed by atoms with Gasteiger partial charge in [0.2, 0.25) is 0 Å². The van der Waals surface area contributed by atoms with E-state index in [4.69, 9.17) is 26.8 Å². The Morgan fingerprint density at radius 2 is 1.70 bits per heavy atom. The number of anilines is 1. The van der Waals surface area contributed by atoms with Crippen LogP contribution in [-0.4, -0.2) is 39.5 Å². The summed E-state index contributed by atoms with van der Waals surface area (Å²) < 4.78 is 10.9.